The van der Waals surface area contributed by atoms with Crippen molar-refractivity contribution in [2.45, 2.75) is 49.9 Å². The Morgan fingerprint density at radius 1 is 1.19 bits per heavy atom. The maximum Gasteiger partial charge on any atom is 0.240 e. The summed E-state index contributed by atoms with van der Waals surface area (Å²) < 4.78 is 5.47. The van der Waals surface area contributed by atoms with E-state index < -0.39 is 5.54 Å². The summed E-state index contributed by atoms with van der Waals surface area (Å²) in [5, 5.41) is 14.8. The van der Waals surface area contributed by atoms with Crippen molar-refractivity contribution in [2.75, 3.05) is 19.8 Å². The van der Waals surface area contributed by atoms with Gasteiger partial charge in [0.1, 0.15) is 5.54 Å². The molecule has 1 fully saturated rings. The molecule has 0 saturated carbocycles. The molecule has 0 aromatic heterocycles. The van der Waals surface area contributed by atoms with Crippen LogP contribution in [0.2, 0.25) is 0 Å². The third-order valence-corrected chi connectivity index (χ3v) is 5.12. The molecule has 3 rings (SSSR count). The number of carbonyl (C=O) groups excluding carboxylic acids is 1. The molecule has 0 spiro atoms. The first-order valence-corrected chi connectivity index (χ1v) is 9.21. The van der Waals surface area contributed by atoms with Crippen LogP contribution in [-0.4, -0.2) is 36.9 Å². The molecule has 0 atom stereocenters. The lowest BCUT2D eigenvalue weighted by molar-refractivity contribution is -0.131. The molecule has 6 heteroatoms. The number of hydrogen-bond acceptors (Lipinski definition) is 5. The first-order valence-electron chi connectivity index (χ1n) is 9.21. The van der Waals surface area contributed by atoms with E-state index in [1.54, 1.807) is 0 Å². The summed E-state index contributed by atoms with van der Waals surface area (Å²) in [5.74, 6) is 2.65. The average molecular weight is 354 g/mol. The molecule has 1 amide bonds. The van der Waals surface area contributed by atoms with E-state index in [1.807, 2.05) is 18.2 Å². The molecule has 1 aromatic carbocycles. The van der Waals surface area contributed by atoms with Gasteiger partial charge in [0.15, 0.2) is 5.66 Å². The standard InChI is InChI=1S/C20H26N4O2/c1-2-3-9-20(23-24-20)10-13-21-18(25)19(11-14-26-15-12-19)22-16-17-7-5-4-6-8-17/h1,4-8,22H,3,9-16H2,(H,21,25). The SMILES string of the molecule is C#CCCC1(CCNC(=O)C2(NCc3ccccc3)CCOCC2)N=N1. The lowest BCUT2D eigenvalue weighted by atomic mass is 9.88. The zero-order chi connectivity index (χ0) is 18.3. The van der Waals surface area contributed by atoms with Crippen LogP contribution >= 0.6 is 0 Å². The maximum absolute atomic E-state index is 12.9. The van der Waals surface area contributed by atoms with Gasteiger partial charge in [0.25, 0.3) is 0 Å². The second kappa shape index (κ2) is 8.43. The lowest BCUT2D eigenvalue weighted by Gasteiger charge is -2.37. The topological polar surface area (TPSA) is 75.1 Å². The molecular formula is C20H26N4O2. The van der Waals surface area contributed by atoms with Crippen molar-refractivity contribution in [2.24, 2.45) is 10.2 Å². The van der Waals surface area contributed by atoms with Crippen LogP contribution in [0, 0.1) is 12.3 Å². The van der Waals surface area contributed by atoms with Crippen LogP contribution in [0.25, 0.3) is 0 Å². The average Bonchev–Trinajstić information content (AvgIpc) is 3.46. The van der Waals surface area contributed by atoms with Crippen LogP contribution in [0.15, 0.2) is 40.6 Å². The van der Waals surface area contributed by atoms with Crippen molar-refractivity contribution in [3.63, 3.8) is 0 Å². The fourth-order valence-electron chi connectivity index (χ4n) is 3.28. The molecule has 2 aliphatic heterocycles. The van der Waals surface area contributed by atoms with Crippen molar-refractivity contribution in [1.82, 2.24) is 10.6 Å². The number of ether oxygens (including phenoxy) is 1. The van der Waals surface area contributed by atoms with Crippen LogP contribution in [0.1, 0.15) is 37.7 Å². The van der Waals surface area contributed by atoms with Crippen LogP contribution < -0.4 is 10.6 Å². The van der Waals surface area contributed by atoms with Gasteiger partial charge in [0, 0.05) is 45.6 Å². The zero-order valence-electron chi connectivity index (χ0n) is 15.0. The molecule has 1 aromatic rings. The van der Waals surface area contributed by atoms with Crippen LogP contribution in [0.5, 0.6) is 0 Å². The molecule has 0 aliphatic carbocycles. The van der Waals surface area contributed by atoms with E-state index in [2.05, 4.69) is 38.9 Å². The lowest BCUT2D eigenvalue weighted by Crippen LogP contribution is -2.59. The van der Waals surface area contributed by atoms with E-state index >= 15 is 0 Å². The summed E-state index contributed by atoms with van der Waals surface area (Å²) in [7, 11) is 0. The number of nitrogens with one attached hydrogen (secondary N) is 2. The first-order chi connectivity index (χ1) is 12.7. The largest absolute Gasteiger partial charge is 0.381 e. The highest BCUT2D eigenvalue weighted by molar-refractivity contribution is 5.86. The summed E-state index contributed by atoms with van der Waals surface area (Å²) in [6, 6.07) is 10.1. The highest BCUT2D eigenvalue weighted by Crippen LogP contribution is 2.36. The van der Waals surface area contributed by atoms with Crippen molar-refractivity contribution in [1.29, 1.82) is 0 Å². The second-order valence-electron chi connectivity index (χ2n) is 6.93. The number of benzene rings is 1. The highest BCUT2D eigenvalue weighted by atomic mass is 16.5. The Balaban J connectivity index is 1.53. The minimum absolute atomic E-state index is 0.0319. The third kappa shape index (κ3) is 4.69. The number of hydrogen-bond donors (Lipinski definition) is 2. The van der Waals surface area contributed by atoms with Gasteiger partial charge in [-0.3, -0.25) is 10.1 Å². The highest BCUT2D eigenvalue weighted by Gasteiger charge is 2.41. The van der Waals surface area contributed by atoms with Gasteiger partial charge in [0.05, 0.1) is 0 Å². The van der Waals surface area contributed by atoms with E-state index in [0.717, 1.165) is 12.0 Å². The first kappa shape index (κ1) is 18.6. The molecule has 2 heterocycles. The number of terminal acetylenes is 1. The van der Waals surface area contributed by atoms with Crippen LogP contribution in [0.4, 0.5) is 0 Å². The number of rotatable bonds is 9. The molecule has 0 radical (unpaired) electrons. The quantitative estimate of drug-likeness (QED) is 0.669. The van der Waals surface area contributed by atoms with Gasteiger partial charge in [-0.15, -0.1) is 12.3 Å². The smallest absolute Gasteiger partial charge is 0.240 e. The van der Waals surface area contributed by atoms with Crippen LogP contribution in [0.3, 0.4) is 0 Å². The van der Waals surface area contributed by atoms with Gasteiger partial charge in [-0.05, 0) is 18.4 Å². The van der Waals surface area contributed by atoms with Gasteiger partial charge < -0.3 is 10.1 Å². The predicted molar refractivity (Wildman–Crippen MR) is 99.3 cm³/mol. The normalized spacial score (nSPS) is 19.5. The van der Waals surface area contributed by atoms with Gasteiger partial charge in [-0.1, -0.05) is 30.3 Å². The van der Waals surface area contributed by atoms with Gasteiger partial charge in [-0.2, -0.15) is 10.2 Å². The van der Waals surface area contributed by atoms with Crippen molar-refractivity contribution in [3.8, 4) is 12.3 Å². The Morgan fingerprint density at radius 2 is 1.92 bits per heavy atom. The second-order valence-corrected chi connectivity index (χ2v) is 6.93. The van der Waals surface area contributed by atoms with Crippen molar-refractivity contribution in [3.05, 3.63) is 35.9 Å². The molecule has 1 saturated heterocycles. The Labute approximate surface area is 154 Å². The van der Waals surface area contributed by atoms with Crippen LogP contribution in [-0.2, 0) is 16.1 Å². The molecule has 26 heavy (non-hydrogen) atoms. The number of nitrogens with zero attached hydrogens (tertiary/aromatic N) is 2. The third-order valence-electron chi connectivity index (χ3n) is 5.12. The fourth-order valence-corrected chi connectivity index (χ4v) is 3.28. The van der Waals surface area contributed by atoms with Gasteiger partial charge >= 0.3 is 0 Å². The van der Waals surface area contributed by atoms with E-state index in [-0.39, 0.29) is 11.6 Å². The Kier molecular flexibility index (Phi) is 6.02. The fraction of sp³-hybridized carbons (Fsp3) is 0.550. The number of amides is 1. The minimum atomic E-state index is -0.585. The molecule has 6 nitrogen and oxygen atoms in total. The summed E-state index contributed by atoms with van der Waals surface area (Å²) in [5.41, 5.74) is 0.215. The van der Waals surface area contributed by atoms with E-state index in [9.17, 15) is 4.79 Å². The maximum atomic E-state index is 12.9. The molecule has 138 valence electrons. The molecule has 0 bridgehead atoms. The Bertz CT molecular complexity index is 669. The van der Waals surface area contributed by atoms with Gasteiger partial charge in [-0.25, -0.2) is 0 Å². The summed E-state index contributed by atoms with van der Waals surface area (Å²) >= 11 is 0. The zero-order valence-corrected chi connectivity index (χ0v) is 15.0. The molecule has 0 unspecified atom stereocenters. The van der Waals surface area contributed by atoms with Crippen molar-refractivity contribution >= 4 is 5.91 Å². The minimum Gasteiger partial charge on any atom is -0.381 e. The summed E-state index contributed by atoms with van der Waals surface area (Å²) in [6.45, 7) is 2.38. The monoisotopic (exact) mass is 354 g/mol. The molecular weight excluding hydrogens is 328 g/mol. The number of carbonyl (C=O) groups is 1. The van der Waals surface area contributed by atoms with E-state index in [4.69, 9.17) is 11.2 Å². The molecule has 2 N–H and O–H groups in total. The summed E-state index contributed by atoms with van der Waals surface area (Å²) in [4.78, 5) is 12.9. The van der Waals surface area contributed by atoms with Crippen molar-refractivity contribution < 1.29 is 9.53 Å². The Hall–Kier alpha value is -2.23. The summed E-state index contributed by atoms with van der Waals surface area (Å²) in [6.07, 6.45) is 8.76. The van der Waals surface area contributed by atoms with E-state index in [0.29, 0.717) is 52.0 Å². The predicted octanol–water partition coefficient (Wildman–Crippen LogP) is 2.41. The van der Waals surface area contributed by atoms with Gasteiger partial charge in [0.2, 0.25) is 5.91 Å². The van der Waals surface area contributed by atoms with E-state index in [1.165, 1.54) is 0 Å². The molecule has 2 aliphatic rings. The Morgan fingerprint density at radius 3 is 2.58 bits per heavy atom.